The minimum atomic E-state index is 0.00208. The van der Waals surface area contributed by atoms with Crippen molar-refractivity contribution in [3.8, 4) is 5.75 Å². The lowest BCUT2D eigenvalue weighted by atomic mass is 10.0. The van der Waals surface area contributed by atoms with Crippen LogP contribution in [0.2, 0.25) is 0 Å². The molecule has 0 unspecified atom stereocenters. The van der Waals surface area contributed by atoms with E-state index in [1.54, 1.807) is 7.11 Å². The molecule has 0 bridgehead atoms. The van der Waals surface area contributed by atoms with E-state index in [1.165, 1.54) is 6.42 Å². The Morgan fingerprint density at radius 3 is 2.71 bits per heavy atom. The minimum Gasteiger partial charge on any atom is -0.496 e. The average Bonchev–Trinajstić information content (AvgIpc) is 2.50. The number of ether oxygens (including phenoxy) is 1. The van der Waals surface area contributed by atoms with Crippen molar-refractivity contribution in [2.75, 3.05) is 26.7 Å². The molecule has 4 heteroatoms. The average molecular weight is 290 g/mol. The van der Waals surface area contributed by atoms with Gasteiger partial charge in [-0.05, 0) is 50.4 Å². The zero-order valence-corrected chi connectivity index (χ0v) is 13.3. The normalized spacial score (nSPS) is 16.7. The van der Waals surface area contributed by atoms with Crippen molar-refractivity contribution in [2.24, 2.45) is 0 Å². The van der Waals surface area contributed by atoms with Crippen molar-refractivity contribution < 1.29 is 9.53 Å². The maximum absolute atomic E-state index is 12.3. The molecule has 0 spiro atoms. The number of hydrogen-bond donors (Lipinski definition) is 1. The molecule has 116 valence electrons. The number of benzene rings is 1. The number of nitrogens with one attached hydrogen (secondary N) is 1. The van der Waals surface area contributed by atoms with Gasteiger partial charge in [-0.3, -0.25) is 4.79 Å². The van der Waals surface area contributed by atoms with Crippen molar-refractivity contribution in [1.82, 2.24) is 10.2 Å². The number of aryl methyl sites for hydroxylation is 1. The van der Waals surface area contributed by atoms with Crippen LogP contribution in [-0.4, -0.2) is 43.6 Å². The van der Waals surface area contributed by atoms with E-state index in [1.807, 2.05) is 25.1 Å². The first kappa shape index (κ1) is 15.8. The third-order valence-corrected chi connectivity index (χ3v) is 4.13. The van der Waals surface area contributed by atoms with Crippen LogP contribution in [0.25, 0.3) is 0 Å². The van der Waals surface area contributed by atoms with E-state index in [9.17, 15) is 4.79 Å². The molecule has 21 heavy (non-hydrogen) atoms. The fourth-order valence-corrected chi connectivity index (χ4v) is 2.85. The molecule has 0 aromatic heterocycles. The second-order valence-corrected chi connectivity index (χ2v) is 5.77. The molecule has 2 rings (SSSR count). The highest BCUT2D eigenvalue weighted by Gasteiger charge is 2.20. The Labute approximate surface area is 127 Å². The molecule has 4 nitrogen and oxygen atoms in total. The first-order valence-corrected chi connectivity index (χ1v) is 7.82. The Balaban J connectivity index is 1.90. The predicted octanol–water partition coefficient (Wildman–Crippen LogP) is 2.61. The molecule has 0 saturated carbocycles. The summed E-state index contributed by atoms with van der Waals surface area (Å²) in [6, 6.07) is 5.89. The molecular weight excluding hydrogens is 264 g/mol. The topological polar surface area (TPSA) is 41.6 Å². The SMILES string of the molecule is CCCN1CCC(NC(=O)c2ccc(C)c(OC)c2)CC1. The van der Waals surface area contributed by atoms with Gasteiger partial charge in [-0.1, -0.05) is 13.0 Å². The Morgan fingerprint density at radius 1 is 1.38 bits per heavy atom. The van der Waals surface area contributed by atoms with Crippen LogP contribution in [0.5, 0.6) is 5.75 Å². The summed E-state index contributed by atoms with van der Waals surface area (Å²) < 4.78 is 5.28. The number of methoxy groups -OCH3 is 1. The summed E-state index contributed by atoms with van der Waals surface area (Å²) in [4.78, 5) is 14.8. The van der Waals surface area contributed by atoms with E-state index < -0.39 is 0 Å². The van der Waals surface area contributed by atoms with Gasteiger partial charge in [0.05, 0.1) is 7.11 Å². The number of carbonyl (C=O) groups is 1. The van der Waals surface area contributed by atoms with E-state index in [4.69, 9.17) is 4.74 Å². The number of hydrogen-bond acceptors (Lipinski definition) is 3. The van der Waals surface area contributed by atoms with Crippen LogP contribution in [0.4, 0.5) is 0 Å². The summed E-state index contributed by atoms with van der Waals surface area (Å²) in [6.07, 6.45) is 3.27. The predicted molar refractivity (Wildman–Crippen MR) is 85.0 cm³/mol. The lowest BCUT2D eigenvalue weighted by molar-refractivity contribution is 0.0911. The highest BCUT2D eigenvalue weighted by Crippen LogP contribution is 2.19. The molecule has 1 N–H and O–H groups in total. The van der Waals surface area contributed by atoms with Gasteiger partial charge < -0.3 is 15.0 Å². The van der Waals surface area contributed by atoms with E-state index >= 15 is 0 Å². The summed E-state index contributed by atoms with van der Waals surface area (Å²) in [6.45, 7) is 7.50. The summed E-state index contributed by atoms with van der Waals surface area (Å²) in [5.41, 5.74) is 1.72. The molecule has 1 heterocycles. The summed E-state index contributed by atoms with van der Waals surface area (Å²) in [5, 5.41) is 3.15. The fourth-order valence-electron chi connectivity index (χ4n) is 2.85. The minimum absolute atomic E-state index is 0.00208. The molecule has 0 atom stereocenters. The third-order valence-electron chi connectivity index (χ3n) is 4.13. The number of carbonyl (C=O) groups excluding carboxylic acids is 1. The van der Waals surface area contributed by atoms with Gasteiger partial charge >= 0.3 is 0 Å². The smallest absolute Gasteiger partial charge is 0.251 e. The third kappa shape index (κ3) is 4.21. The maximum Gasteiger partial charge on any atom is 0.251 e. The van der Waals surface area contributed by atoms with Crippen LogP contribution in [0, 0.1) is 6.92 Å². The number of nitrogens with zero attached hydrogens (tertiary/aromatic N) is 1. The van der Waals surface area contributed by atoms with E-state index in [0.29, 0.717) is 5.56 Å². The van der Waals surface area contributed by atoms with Gasteiger partial charge in [-0.2, -0.15) is 0 Å². The number of likely N-dealkylation sites (tertiary alicyclic amines) is 1. The van der Waals surface area contributed by atoms with Crippen molar-refractivity contribution in [3.63, 3.8) is 0 Å². The molecule has 1 aromatic rings. The van der Waals surface area contributed by atoms with Crippen LogP contribution in [0.3, 0.4) is 0 Å². The molecular formula is C17H26N2O2. The molecule has 1 aliphatic rings. The zero-order valence-electron chi connectivity index (χ0n) is 13.3. The Kier molecular flexibility index (Phi) is 5.62. The monoisotopic (exact) mass is 290 g/mol. The standard InChI is InChI=1S/C17H26N2O2/c1-4-9-19-10-7-15(8-11-19)18-17(20)14-6-5-13(2)16(12-14)21-3/h5-6,12,15H,4,7-11H2,1-3H3,(H,18,20). The highest BCUT2D eigenvalue weighted by molar-refractivity contribution is 5.94. The molecule has 1 amide bonds. The maximum atomic E-state index is 12.3. The van der Waals surface area contributed by atoms with Crippen molar-refractivity contribution in [1.29, 1.82) is 0 Å². The first-order chi connectivity index (χ1) is 10.1. The quantitative estimate of drug-likeness (QED) is 0.906. The van der Waals surface area contributed by atoms with Crippen molar-refractivity contribution in [2.45, 2.75) is 39.2 Å². The lowest BCUT2D eigenvalue weighted by Crippen LogP contribution is -2.44. The van der Waals surface area contributed by atoms with Crippen LogP contribution in [0.1, 0.15) is 42.1 Å². The lowest BCUT2D eigenvalue weighted by Gasteiger charge is -2.32. The Bertz CT molecular complexity index is 480. The number of amides is 1. The largest absolute Gasteiger partial charge is 0.496 e. The van der Waals surface area contributed by atoms with Crippen molar-refractivity contribution >= 4 is 5.91 Å². The van der Waals surface area contributed by atoms with Gasteiger partial charge in [0.15, 0.2) is 0 Å². The Morgan fingerprint density at radius 2 is 2.10 bits per heavy atom. The molecule has 1 aliphatic heterocycles. The van der Waals surface area contributed by atoms with Gasteiger partial charge in [0, 0.05) is 24.7 Å². The van der Waals surface area contributed by atoms with Gasteiger partial charge in [0.1, 0.15) is 5.75 Å². The second kappa shape index (κ2) is 7.46. The molecule has 0 radical (unpaired) electrons. The highest BCUT2D eigenvalue weighted by atomic mass is 16.5. The van der Waals surface area contributed by atoms with E-state index in [0.717, 1.165) is 43.8 Å². The first-order valence-electron chi connectivity index (χ1n) is 7.82. The summed E-state index contributed by atoms with van der Waals surface area (Å²) in [5.74, 6) is 0.766. The van der Waals surface area contributed by atoms with Crippen LogP contribution in [-0.2, 0) is 0 Å². The molecule has 1 aromatic carbocycles. The molecule has 1 saturated heterocycles. The number of rotatable bonds is 5. The zero-order chi connectivity index (χ0) is 15.2. The van der Waals surface area contributed by atoms with Crippen LogP contribution < -0.4 is 10.1 Å². The van der Waals surface area contributed by atoms with E-state index in [-0.39, 0.29) is 11.9 Å². The van der Waals surface area contributed by atoms with Crippen molar-refractivity contribution in [3.05, 3.63) is 29.3 Å². The van der Waals surface area contributed by atoms with Gasteiger partial charge in [-0.15, -0.1) is 0 Å². The van der Waals surface area contributed by atoms with Gasteiger partial charge in [0.25, 0.3) is 5.91 Å². The fraction of sp³-hybridized carbons (Fsp3) is 0.588. The summed E-state index contributed by atoms with van der Waals surface area (Å²) >= 11 is 0. The van der Waals surface area contributed by atoms with Crippen LogP contribution in [0.15, 0.2) is 18.2 Å². The van der Waals surface area contributed by atoms with Gasteiger partial charge in [0.2, 0.25) is 0 Å². The van der Waals surface area contributed by atoms with E-state index in [2.05, 4.69) is 17.1 Å². The number of piperidine rings is 1. The van der Waals surface area contributed by atoms with Crippen LogP contribution >= 0.6 is 0 Å². The van der Waals surface area contributed by atoms with Gasteiger partial charge in [-0.25, -0.2) is 0 Å². The second-order valence-electron chi connectivity index (χ2n) is 5.77. The Hall–Kier alpha value is -1.55. The molecule has 1 fully saturated rings. The molecule has 0 aliphatic carbocycles. The summed E-state index contributed by atoms with van der Waals surface area (Å²) in [7, 11) is 1.63.